The number of H-pyrrole nitrogens is 1. The first-order chi connectivity index (χ1) is 9.24. The van der Waals surface area contributed by atoms with E-state index in [1.807, 2.05) is 12.3 Å². The predicted molar refractivity (Wildman–Crippen MR) is 72.5 cm³/mol. The zero-order valence-electron chi connectivity index (χ0n) is 10.6. The number of carbonyl (C=O) groups excluding carboxylic acids is 1. The topological polar surface area (TPSA) is 71.4 Å². The lowest BCUT2D eigenvalue weighted by Crippen LogP contribution is -2.47. The molecular formula is C14H17N3O2. The van der Waals surface area contributed by atoms with E-state index >= 15 is 0 Å². The molecule has 0 bridgehead atoms. The average molecular weight is 259 g/mol. The summed E-state index contributed by atoms with van der Waals surface area (Å²) in [5.41, 5.74) is 7.69. The minimum atomic E-state index is -0.487. The fraction of sp³-hybridized carbons (Fsp3) is 0.357. The molecule has 1 aromatic carbocycles. The zero-order valence-corrected chi connectivity index (χ0v) is 10.6. The van der Waals surface area contributed by atoms with Crippen LogP contribution in [0, 0.1) is 0 Å². The molecule has 5 heteroatoms. The van der Waals surface area contributed by atoms with Crippen LogP contribution in [-0.2, 0) is 16.1 Å². The fourth-order valence-corrected chi connectivity index (χ4v) is 2.55. The molecule has 2 heterocycles. The smallest absolute Gasteiger partial charge is 0.247 e. The van der Waals surface area contributed by atoms with Crippen molar-refractivity contribution in [2.45, 2.75) is 12.6 Å². The van der Waals surface area contributed by atoms with Gasteiger partial charge < -0.3 is 15.5 Å². The molecule has 1 fully saturated rings. The molecule has 0 aliphatic carbocycles. The van der Waals surface area contributed by atoms with Crippen molar-refractivity contribution in [2.24, 2.45) is 5.73 Å². The molecular weight excluding hydrogens is 242 g/mol. The molecule has 1 aliphatic heterocycles. The summed E-state index contributed by atoms with van der Waals surface area (Å²) < 4.78 is 5.36. The van der Waals surface area contributed by atoms with Crippen LogP contribution in [0.15, 0.2) is 30.5 Å². The minimum absolute atomic E-state index is 0.385. The summed E-state index contributed by atoms with van der Waals surface area (Å²) in [4.78, 5) is 16.6. The maximum Gasteiger partial charge on any atom is 0.247 e. The number of nitrogens with two attached hydrogens (primary N) is 1. The van der Waals surface area contributed by atoms with Gasteiger partial charge in [-0.25, -0.2) is 0 Å². The lowest BCUT2D eigenvalue weighted by atomic mass is 10.1. The highest BCUT2D eigenvalue weighted by molar-refractivity contribution is 5.83. The van der Waals surface area contributed by atoms with Gasteiger partial charge in [-0.05, 0) is 17.7 Å². The van der Waals surface area contributed by atoms with E-state index in [1.54, 1.807) is 0 Å². The van der Waals surface area contributed by atoms with Gasteiger partial charge in [-0.2, -0.15) is 0 Å². The van der Waals surface area contributed by atoms with Crippen molar-refractivity contribution < 1.29 is 9.53 Å². The third-order valence-corrected chi connectivity index (χ3v) is 3.55. The van der Waals surface area contributed by atoms with Gasteiger partial charge in [-0.1, -0.05) is 12.1 Å². The molecule has 100 valence electrons. The van der Waals surface area contributed by atoms with Gasteiger partial charge in [0.05, 0.1) is 6.61 Å². The van der Waals surface area contributed by atoms with Crippen LogP contribution < -0.4 is 5.73 Å². The van der Waals surface area contributed by atoms with Crippen molar-refractivity contribution in [3.63, 3.8) is 0 Å². The number of ether oxygens (including phenoxy) is 1. The Hall–Kier alpha value is -1.85. The summed E-state index contributed by atoms with van der Waals surface area (Å²) in [6.07, 6.45) is 1.46. The first-order valence-corrected chi connectivity index (χ1v) is 6.42. The number of hydrogen-bond acceptors (Lipinski definition) is 3. The van der Waals surface area contributed by atoms with E-state index < -0.39 is 6.10 Å². The second kappa shape index (κ2) is 5.03. The molecule has 0 saturated carbocycles. The van der Waals surface area contributed by atoms with Crippen LogP contribution in [0.3, 0.4) is 0 Å². The molecule has 0 spiro atoms. The summed E-state index contributed by atoms with van der Waals surface area (Å²) >= 11 is 0. The van der Waals surface area contributed by atoms with E-state index in [-0.39, 0.29) is 5.91 Å². The van der Waals surface area contributed by atoms with Gasteiger partial charge in [0.15, 0.2) is 0 Å². The van der Waals surface area contributed by atoms with Crippen LogP contribution in [0.2, 0.25) is 0 Å². The first-order valence-electron chi connectivity index (χ1n) is 6.42. The second-order valence-corrected chi connectivity index (χ2v) is 4.85. The molecule has 1 saturated heterocycles. The number of nitrogens with one attached hydrogen (secondary N) is 1. The van der Waals surface area contributed by atoms with Gasteiger partial charge in [0.25, 0.3) is 0 Å². The van der Waals surface area contributed by atoms with Crippen molar-refractivity contribution in [1.82, 2.24) is 9.88 Å². The van der Waals surface area contributed by atoms with E-state index in [0.717, 1.165) is 18.6 Å². The highest BCUT2D eigenvalue weighted by Crippen LogP contribution is 2.20. The molecule has 1 aliphatic rings. The van der Waals surface area contributed by atoms with Crippen molar-refractivity contribution in [1.29, 1.82) is 0 Å². The summed E-state index contributed by atoms with van der Waals surface area (Å²) in [7, 11) is 0. The van der Waals surface area contributed by atoms with Gasteiger partial charge in [0, 0.05) is 36.7 Å². The van der Waals surface area contributed by atoms with Crippen molar-refractivity contribution in [2.75, 3.05) is 19.7 Å². The molecule has 0 unspecified atom stereocenters. The summed E-state index contributed by atoms with van der Waals surface area (Å²) in [5, 5.41) is 1.23. The first kappa shape index (κ1) is 12.2. The number of amides is 1. The number of rotatable bonds is 3. The van der Waals surface area contributed by atoms with Crippen molar-refractivity contribution in [3.05, 3.63) is 36.0 Å². The Morgan fingerprint density at radius 1 is 1.47 bits per heavy atom. The van der Waals surface area contributed by atoms with Crippen LogP contribution in [0.25, 0.3) is 10.9 Å². The Morgan fingerprint density at radius 2 is 2.37 bits per heavy atom. The molecule has 3 N–H and O–H groups in total. The minimum Gasteiger partial charge on any atom is -0.367 e. The van der Waals surface area contributed by atoms with E-state index in [2.05, 4.69) is 28.1 Å². The standard InChI is InChI=1S/C14H17N3O2/c15-14(18)13-9-17(6-7-19-13)8-10-2-1-3-12-11(10)4-5-16-12/h1-5,13,16H,6-9H2,(H2,15,18)/t13-/m0/s1. The number of benzene rings is 1. The predicted octanol–water partition coefficient (Wildman–Crippen LogP) is 0.854. The maximum atomic E-state index is 11.2. The molecule has 1 aromatic heterocycles. The maximum absolute atomic E-state index is 11.2. The Morgan fingerprint density at radius 3 is 3.21 bits per heavy atom. The summed E-state index contributed by atoms with van der Waals surface area (Å²) in [6, 6.07) is 8.30. The van der Waals surface area contributed by atoms with Gasteiger partial charge in [-0.3, -0.25) is 9.69 Å². The fourth-order valence-electron chi connectivity index (χ4n) is 2.55. The molecule has 0 radical (unpaired) electrons. The number of hydrogen-bond donors (Lipinski definition) is 2. The van der Waals surface area contributed by atoms with Gasteiger partial charge in [0.1, 0.15) is 6.10 Å². The van der Waals surface area contributed by atoms with Crippen LogP contribution in [-0.4, -0.2) is 41.6 Å². The van der Waals surface area contributed by atoms with E-state index in [1.165, 1.54) is 10.9 Å². The van der Waals surface area contributed by atoms with Gasteiger partial charge >= 0.3 is 0 Å². The summed E-state index contributed by atoms with van der Waals surface area (Å²) in [6.45, 7) is 2.75. The lowest BCUT2D eigenvalue weighted by Gasteiger charge is -2.31. The van der Waals surface area contributed by atoms with Crippen molar-refractivity contribution in [3.8, 4) is 0 Å². The third-order valence-electron chi connectivity index (χ3n) is 3.55. The zero-order chi connectivity index (χ0) is 13.2. The monoisotopic (exact) mass is 259 g/mol. The highest BCUT2D eigenvalue weighted by atomic mass is 16.5. The normalized spacial score (nSPS) is 20.7. The molecule has 2 aromatic rings. The number of carbonyl (C=O) groups is 1. The highest BCUT2D eigenvalue weighted by Gasteiger charge is 2.24. The van der Waals surface area contributed by atoms with Crippen LogP contribution in [0.4, 0.5) is 0 Å². The number of morpholine rings is 1. The SMILES string of the molecule is NC(=O)[C@@H]1CN(Cc2cccc3[nH]ccc23)CCO1. The average Bonchev–Trinajstić information content (AvgIpc) is 2.88. The molecule has 5 nitrogen and oxygen atoms in total. The van der Waals surface area contributed by atoms with Gasteiger partial charge in [0.2, 0.25) is 5.91 Å². The number of aromatic nitrogens is 1. The molecule has 19 heavy (non-hydrogen) atoms. The Bertz CT molecular complexity index is 593. The number of fused-ring (bicyclic) bond motifs is 1. The Kier molecular flexibility index (Phi) is 3.23. The Balaban J connectivity index is 1.77. The van der Waals surface area contributed by atoms with Crippen LogP contribution >= 0.6 is 0 Å². The second-order valence-electron chi connectivity index (χ2n) is 4.85. The van der Waals surface area contributed by atoms with Crippen LogP contribution in [0.5, 0.6) is 0 Å². The molecule has 1 atom stereocenters. The van der Waals surface area contributed by atoms with Crippen molar-refractivity contribution >= 4 is 16.8 Å². The third kappa shape index (κ3) is 2.47. The summed E-state index contributed by atoms with van der Waals surface area (Å²) in [5.74, 6) is -0.385. The lowest BCUT2D eigenvalue weighted by molar-refractivity contribution is -0.135. The van der Waals surface area contributed by atoms with E-state index in [9.17, 15) is 4.79 Å². The van der Waals surface area contributed by atoms with E-state index in [4.69, 9.17) is 10.5 Å². The quantitative estimate of drug-likeness (QED) is 0.858. The number of aromatic amines is 1. The molecule has 3 rings (SSSR count). The number of primary amides is 1. The van der Waals surface area contributed by atoms with E-state index in [0.29, 0.717) is 13.2 Å². The molecule has 1 amide bonds. The number of nitrogens with zero attached hydrogens (tertiary/aromatic N) is 1. The van der Waals surface area contributed by atoms with Gasteiger partial charge in [-0.15, -0.1) is 0 Å². The van der Waals surface area contributed by atoms with Crippen LogP contribution in [0.1, 0.15) is 5.56 Å². The Labute approximate surface area is 111 Å². The largest absolute Gasteiger partial charge is 0.367 e.